The summed E-state index contributed by atoms with van der Waals surface area (Å²) in [5.74, 6) is 9.25. The van der Waals surface area contributed by atoms with Gasteiger partial charge in [-0.3, -0.25) is 37.4 Å². The van der Waals surface area contributed by atoms with Crippen LogP contribution in [-0.4, -0.2) is 107 Å². The third-order valence-corrected chi connectivity index (χ3v) is 25.9. The Balaban J connectivity index is 0.000000101. The summed E-state index contributed by atoms with van der Waals surface area (Å²) < 4.78 is 17.1. The molecule has 0 N–H and O–H groups in total. The summed E-state index contributed by atoms with van der Waals surface area (Å²) in [5.41, 5.74) is 20.7. The molecule has 0 spiro atoms. The molecule has 28 aromatic rings. The molecule has 0 aliphatic carbocycles. The second-order valence-electron chi connectivity index (χ2n) is 34.4. The van der Waals surface area contributed by atoms with E-state index in [1.54, 1.807) is 24.8 Å². The van der Waals surface area contributed by atoms with Gasteiger partial charge >= 0.3 is 0 Å². The first-order chi connectivity index (χ1) is 71.5. The lowest BCUT2D eigenvalue weighted by Gasteiger charge is -2.12. The summed E-state index contributed by atoms with van der Waals surface area (Å²) in [6, 6.07) is 153. The molecule has 14 heterocycles. The molecular weight excluding hydrogens is 1770 g/mol. The zero-order valence-electron chi connectivity index (χ0n) is 77.2. The van der Waals surface area contributed by atoms with Crippen LogP contribution in [-0.2, 0) is 0 Å². The van der Waals surface area contributed by atoms with E-state index < -0.39 is 0 Å². The second-order valence-corrected chi connectivity index (χ2v) is 34.4. The van der Waals surface area contributed by atoms with E-state index in [0.29, 0.717) is 5.82 Å². The Hall–Kier alpha value is -20.3. The summed E-state index contributed by atoms with van der Waals surface area (Å²) in [6.07, 6.45) is 14.7. The van der Waals surface area contributed by atoms with Crippen LogP contribution in [0.2, 0.25) is 0 Å². The van der Waals surface area contributed by atoms with Gasteiger partial charge in [0.15, 0.2) is 46.6 Å². The van der Waals surface area contributed by atoms with Crippen LogP contribution in [0.25, 0.3) is 224 Å². The van der Waals surface area contributed by atoms with Gasteiger partial charge in [0, 0.05) is 112 Å². The van der Waals surface area contributed by atoms with Crippen LogP contribution in [0, 0.1) is 0 Å². The Kier molecular flexibility index (Phi) is 22.3. The van der Waals surface area contributed by atoms with Crippen LogP contribution >= 0.6 is 0 Å². The molecule has 14 aromatic carbocycles. The van der Waals surface area contributed by atoms with Crippen molar-refractivity contribution in [2.24, 2.45) is 0 Å². The van der Waals surface area contributed by atoms with Gasteiger partial charge in [0.05, 0.1) is 91.7 Å². The molecule has 0 atom stereocenters. The Labute approximate surface area is 824 Å². The van der Waals surface area contributed by atoms with Gasteiger partial charge < -0.3 is 9.13 Å². The summed E-state index contributed by atoms with van der Waals surface area (Å²) in [4.78, 5) is 28.0. The summed E-state index contributed by atoms with van der Waals surface area (Å²) in [7, 11) is 0. The molecular formula is C122H82N22. The van der Waals surface area contributed by atoms with Crippen LogP contribution in [0.4, 0.5) is 0 Å². The van der Waals surface area contributed by atoms with Crippen molar-refractivity contribution in [1.82, 2.24) is 107 Å². The average molecular weight is 1860 g/mol. The smallest absolute Gasteiger partial charge is 0.170 e. The summed E-state index contributed by atoms with van der Waals surface area (Å²) in [5, 5.41) is 46.2. The topological polar surface area (TPSA) is 220 Å². The molecule has 0 amide bonds. The minimum atomic E-state index is 0.716. The van der Waals surface area contributed by atoms with Crippen LogP contribution < -0.4 is 0 Å². The molecule has 0 fully saturated rings. The number of pyridine rings is 6. The van der Waals surface area contributed by atoms with E-state index in [1.807, 2.05) is 233 Å². The predicted octanol–water partition coefficient (Wildman–Crippen LogP) is 27.2. The lowest BCUT2D eigenvalue weighted by atomic mass is 10.2. The van der Waals surface area contributed by atoms with E-state index in [1.165, 1.54) is 43.1 Å². The molecule has 144 heavy (non-hydrogen) atoms. The van der Waals surface area contributed by atoms with Crippen LogP contribution in [0.15, 0.2) is 498 Å². The highest BCUT2D eigenvalue weighted by atomic mass is 15.3. The Morgan fingerprint density at radius 3 is 0.479 bits per heavy atom. The van der Waals surface area contributed by atoms with E-state index in [9.17, 15) is 0 Å². The molecule has 22 heteroatoms. The molecule has 680 valence electrons. The van der Waals surface area contributed by atoms with Crippen molar-refractivity contribution in [1.29, 1.82) is 0 Å². The number of hydrogen-bond donors (Lipinski definition) is 0. The summed E-state index contributed by atoms with van der Waals surface area (Å²) in [6.45, 7) is 0. The maximum Gasteiger partial charge on any atom is 0.170 e. The van der Waals surface area contributed by atoms with Crippen molar-refractivity contribution in [3.05, 3.63) is 498 Å². The number of nitrogens with zero attached hydrogens (tertiary/aromatic N) is 22. The number of benzene rings is 14. The normalized spacial score (nSPS) is 11.3. The van der Waals surface area contributed by atoms with Crippen LogP contribution in [0.5, 0.6) is 0 Å². The fraction of sp³-hybridized carbons (Fsp3) is 0. The number of hydrogen-bond acceptors (Lipinski definition) is 14. The summed E-state index contributed by atoms with van der Waals surface area (Å²) >= 11 is 0. The van der Waals surface area contributed by atoms with Crippen molar-refractivity contribution in [3.63, 3.8) is 0 Å². The Morgan fingerprint density at radius 2 is 0.285 bits per heavy atom. The lowest BCUT2D eigenvalue weighted by Crippen LogP contribution is -2.04. The molecule has 0 aliphatic rings. The molecule has 28 rings (SSSR count). The average Bonchev–Trinajstić information content (AvgIpc) is 1.60. The van der Waals surface area contributed by atoms with E-state index in [-0.39, 0.29) is 0 Å². The zero-order valence-corrected chi connectivity index (χ0v) is 77.2. The maximum atomic E-state index is 4.93. The standard InChI is InChI=1S/2C31H21N5.2C30H20N6/c1-3-11-22(12-4-1)30-33-34-31(23-13-5-2-6-14-23)35(30)24-19-20-29(32-21-24)36-27-17-9-7-15-25(27)26-16-8-10-18-28(26)36;1-3-11-22(12-4-1)30-33-34-31(23-13-5-2-6-14-23)36(30)29-20-19-24(21-32-29)35-27-17-9-7-15-25(27)26-16-8-10-18-28(26)35;1-2-8-21(9-3-1)29-33-34-30(22-16-18-31-19-17-22)35(29)23-14-15-28(32-20-23)36-26-12-6-4-10-24(26)25-11-5-7-13-27(25)36;1-2-8-21(9-3-1)29-33-34-30(22-16-18-31-19-17-22)36(29)28-15-14-23(20-32-28)35-26-12-6-4-10-24(26)25-11-5-7-13-27(25)35/h2*1-21H;2*1-20H. The van der Waals surface area contributed by atoms with Crippen molar-refractivity contribution >= 4 is 87.2 Å². The van der Waals surface area contributed by atoms with Gasteiger partial charge in [-0.05, 0) is 121 Å². The van der Waals surface area contributed by atoms with Gasteiger partial charge in [0.25, 0.3) is 0 Å². The maximum absolute atomic E-state index is 4.93. The lowest BCUT2D eigenvalue weighted by molar-refractivity contribution is 0.995. The third-order valence-electron chi connectivity index (χ3n) is 25.9. The third kappa shape index (κ3) is 15.7. The molecule has 0 radical (unpaired) electrons. The van der Waals surface area contributed by atoms with E-state index >= 15 is 0 Å². The van der Waals surface area contributed by atoms with Crippen molar-refractivity contribution < 1.29 is 0 Å². The monoisotopic (exact) mass is 1850 g/mol. The van der Waals surface area contributed by atoms with Gasteiger partial charge in [-0.15, -0.1) is 40.8 Å². The fourth-order valence-corrected chi connectivity index (χ4v) is 19.4. The highest BCUT2D eigenvalue weighted by Crippen LogP contribution is 2.41. The molecule has 14 aromatic heterocycles. The Morgan fingerprint density at radius 1 is 0.125 bits per heavy atom. The van der Waals surface area contributed by atoms with Gasteiger partial charge in [0.1, 0.15) is 23.3 Å². The highest BCUT2D eigenvalue weighted by Gasteiger charge is 2.26. The first kappa shape index (κ1) is 85.4. The van der Waals surface area contributed by atoms with Crippen molar-refractivity contribution in [3.8, 4) is 137 Å². The molecule has 0 unspecified atom stereocenters. The van der Waals surface area contributed by atoms with E-state index in [2.05, 4.69) is 328 Å². The van der Waals surface area contributed by atoms with Gasteiger partial charge in [-0.2, -0.15) is 0 Å². The minimum absolute atomic E-state index is 0.716. The minimum Gasteiger partial charge on any atom is -0.308 e. The van der Waals surface area contributed by atoms with Crippen molar-refractivity contribution in [2.75, 3.05) is 0 Å². The zero-order chi connectivity index (χ0) is 95.6. The van der Waals surface area contributed by atoms with E-state index in [4.69, 9.17) is 19.9 Å². The van der Waals surface area contributed by atoms with Gasteiger partial charge in [-0.25, -0.2) is 19.9 Å². The quantitative estimate of drug-likeness (QED) is 0.0878. The van der Waals surface area contributed by atoms with Crippen LogP contribution in [0.3, 0.4) is 0 Å². The first-order valence-corrected chi connectivity index (χ1v) is 47.3. The SMILES string of the molecule is c1ccc(-c2nnc(-c3ccccc3)n2-c2ccc(-n3c4ccccc4c4ccccc43)cn2)cc1.c1ccc(-c2nnc(-c3ccccc3)n2-c2ccc(-n3c4ccccc4c4ccccc43)nc2)cc1.c1ccc(-c2nnc(-c3ccncc3)n2-c2ccc(-n3c4ccccc4c4ccccc43)cn2)cc1.c1ccc(-c2nnc(-c3ccncc3)n2-c2ccc(-n3c4ccccc4c4ccccc43)nc2)cc1. The molecule has 22 nitrogen and oxygen atoms in total. The van der Waals surface area contributed by atoms with E-state index in [0.717, 1.165) is 175 Å². The molecule has 0 bridgehead atoms. The predicted molar refractivity (Wildman–Crippen MR) is 573 cm³/mol. The van der Waals surface area contributed by atoms with Gasteiger partial charge in [-0.1, -0.05) is 328 Å². The number of para-hydroxylation sites is 8. The molecule has 0 saturated heterocycles. The van der Waals surface area contributed by atoms with Crippen molar-refractivity contribution in [2.45, 2.75) is 0 Å². The van der Waals surface area contributed by atoms with Gasteiger partial charge in [0.2, 0.25) is 0 Å². The highest BCUT2D eigenvalue weighted by molar-refractivity contribution is 6.12. The fourth-order valence-electron chi connectivity index (χ4n) is 19.4. The molecule has 0 saturated carbocycles. The Bertz CT molecular complexity index is 7920. The number of aromatic nitrogens is 22. The molecule has 0 aliphatic heterocycles. The second kappa shape index (κ2) is 37.7. The first-order valence-electron chi connectivity index (χ1n) is 47.3. The van der Waals surface area contributed by atoms with Crippen LogP contribution in [0.1, 0.15) is 0 Å². The largest absolute Gasteiger partial charge is 0.308 e. The number of fused-ring (bicyclic) bond motifs is 12. The number of rotatable bonds is 16.